The summed E-state index contributed by atoms with van der Waals surface area (Å²) in [7, 11) is 1.84. The molecule has 0 aromatic carbocycles. The second-order valence-corrected chi connectivity index (χ2v) is 4.99. The number of carbonyl (C=O) groups is 1. The minimum Gasteiger partial charge on any atom is -0.396 e. The highest BCUT2D eigenvalue weighted by molar-refractivity contribution is 5.74. The number of rotatable bonds is 6. The maximum Gasteiger partial charge on any atom is 0.317 e. The lowest BCUT2D eigenvalue weighted by molar-refractivity contribution is 0.199. The van der Waals surface area contributed by atoms with Crippen LogP contribution in [0.3, 0.4) is 0 Å². The van der Waals surface area contributed by atoms with Crippen LogP contribution in [0.1, 0.15) is 51.4 Å². The Hall–Kier alpha value is -0.770. The molecule has 4 heteroatoms. The van der Waals surface area contributed by atoms with Crippen molar-refractivity contribution in [2.24, 2.45) is 0 Å². The number of nitrogens with zero attached hydrogens (tertiary/aromatic N) is 1. The number of hydrogen-bond donors (Lipinski definition) is 2. The third-order valence-electron chi connectivity index (χ3n) is 3.43. The topological polar surface area (TPSA) is 52.6 Å². The number of unbranched alkanes of at least 4 members (excludes halogenated alkanes) is 2. The summed E-state index contributed by atoms with van der Waals surface area (Å²) in [4.78, 5) is 13.6. The lowest BCUT2D eigenvalue weighted by atomic mass is 9.96. The molecule has 1 fully saturated rings. The first-order chi connectivity index (χ1) is 8.24. The molecular weight excluding hydrogens is 216 g/mol. The summed E-state index contributed by atoms with van der Waals surface area (Å²) >= 11 is 0. The van der Waals surface area contributed by atoms with Crippen molar-refractivity contribution in [2.75, 3.05) is 20.2 Å². The van der Waals surface area contributed by atoms with Crippen LogP contribution >= 0.6 is 0 Å². The summed E-state index contributed by atoms with van der Waals surface area (Å²) < 4.78 is 0. The highest BCUT2D eigenvalue weighted by atomic mass is 16.2. The summed E-state index contributed by atoms with van der Waals surface area (Å²) in [6.45, 7) is 1.02. The Morgan fingerprint density at radius 2 is 1.94 bits per heavy atom. The van der Waals surface area contributed by atoms with Crippen LogP contribution in [0.2, 0.25) is 0 Å². The van der Waals surface area contributed by atoms with Crippen LogP contribution in [-0.4, -0.2) is 42.3 Å². The number of nitrogens with one attached hydrogen (secondary N) is 1. The van der Waals surface area contributed by atoms with Crippen LogP contribution in [0.25, 0.3) is 0 Å². The molecule has 0 unspecified atom stereocenters. The van der Waals surface area contributed by atoms with E-state index in [9.17, 15) is 4.79 Å². The minimum absolute atomic E-state index is 0.0564. The molecule has 0 atom stereocenters. The van der Waals surface area contributed by atoms with E-state index in [2.05, 4.69) is 5.32 Å². The standard InChI is InChI=1S/C13H26N2O2/c1-15(10-6-3-7-11-16)13(17)14-12-8-4-2-5-9-12/h12,16H,2-11H2,1H3,(H,14,17). The molecule has 4 nitrogen and oxygen atoms in total. The Labute approximate surface area is 104 Å². The lowest BCUT2D eigenvalue weighted by Crippen LogP contribution is -2.44. The van der Waals surface area contributed by atoms with E-state index in [0.717, 1.165) is 38.6 Å². The first-order valence-corrected chi connectivity index (χ1v) is 6.86. The third kappa shape index (κ3) is 5.91. The lowest BCUT2D eigenvalue weighted by Gasteiger charge is -2.26. The Kier molecular flexibility index (Phi) is 7.01. The zero-order valence-electron chi connectivity index (χ0n) is 11.0. The van der Waals surface area contributed by atoms with Crippen molar-refractivity contribution in [3.63, 3.8) is 0 Å². The normalized spacial score (nSPS) is 16.8. The molecule has 0 saturated heterocycles. The van der Waals surface area contributed by atoms with Crippen molar-refractivity contribution in [2.45, 2.75) is 57.4 Å². The number of carbonyl (C=O) groups excluding carboxylic acids is 1. The van der Waals surface area contributed by atoms with Gasteiger partial charge in [-0.05, 0) is 32.1 Å². The molecule has 0 spiro atoms. The molecule has 2 amide bonds. The summed E-state index contributed by atoms with van der Waals surface area (Å²) in [5.41, 5.74) is 0. The van der Waals surface area contributed by atoms with Crippen LogP contribution < -0.4 is 5.32 Å². The van der Waals surface area contributed by atoms with Crippen molar-refractivity contribution in [1.29, 1.82) is 0 Å². The zero-order chi connectivity index (χ0) is 12.5. The highest BCUT2D eigenvalue weighted by Gasteiger charge is 2.17. The van der Waals surface area contributed by atoms with Crippen molar-refractivity contribution < 1.29 is 9.90 Å². The molecule has 100 valence electrons. The molecule has 17 heavy (non-hydrogen) atoms. The van der Waals surface area contributed by atoms with Gasteiger partial charge >= 0.3 is 6.03 Å². The predicted molar refractivity (Wildman–Crippen MR) is 69.0 cm³/mol. The Bertz CT molecular complexity index is 215. The summed E-state index contributed by atoms with van der Waals surface area (Å²) in [5.74, 6) is 0. The Morgan fingerprint density at radius 1 is 1.24 bits per heavy atom. The molecule has 0 aromatic rings. The molecule has 0 aliphatic heterocycles. The molecule has 0 bridgehead atoms. The quantitative estimate of drug-likeness (QED) is 0.701. The average Bonchev–Trinajstić information content (AvgIpc) is 2.35. The van der Waals surface area contributed by atoms with Gasteiger partial charge in [-0.3, -0.25) is 0 Å². The van der Waals surface area contributed by atoms with E-state index in [-0.39, 0.29) is 12.6 Å². The summed E-state index contributed by atoms with van der Waals surface area (Å²) in [6, 6.07) is 0.442. The fraction of sp³-hybridized carbons (Fsp3) is 0.923. The maximum absolute atomic E-state index is 11.8. The molecule has 0 radical (unpaired) electrons. The monoisotopic (exact) mass is 242 g/mol. The van der Waals surface area contributed by atoms with E-state index >= 15 is 0 Å². The van der Waals surface area contributed by atoms with Crippen molar-refractivity contribution >= 4 is 6.03 Å². The Balaban J connectivity index is 2.12. The van der Waals surface area contributed by atoms with Crippen LogP contribution in [-0.2, 0) is 0 Å². The minimum atomic E-state index is 0.0564. The largest absolute Gasteiger partial charge is 0.396 e. The molecular formula is C13H26N2O2. The zero-order valence-corrected chi connectivity index (χ0v) is 11.0. The van der Waals surface area contributed by atoms with Crippen LogP contribution in [0, 0.1) is 0 Å². The first kappa shape index (κ1) is 14.3. The van der Waals surface area contributed by atoms with Crippen molar-refractivity contribution in [3.05, 3.63) is 0 Å². The number of hydrogen-bond acceptors (Lipinski definition) is 2. The van der Waals surface area contributed by atoms with E-state index in [1.807, 2.05) is 7.05 Å². The summed E-state index contributed by atoms with van der Waals surface area (Å²) in [5, 5.41) is 11.8. The maximum atomic E-state index is 11.8. The third-order valence-corrected chi connectivity index (χ3v) is 3.43. The predicted octanol–water partition coefficient (Wildman–Crippen LogP) is 2.12. The fourth-order valence-corrected chi connectivity index (χ4v) is 2.27. The van der Waals surface area contributed by atoms with Crippen molar-refractivity contribution in [1.82, 2.24) is 10.2 Å². The number of amides is 2. The second-order valence-electron chi connectivity index (χ2n) is 4.99. The van der Waals surface area contributed by atoms with Gasteiger partial charge in [0.05, 0.1) is 0 Å². The van der Waals surface area contributed by atoms with E-state index in [1.165, 1.54) is 19.3 Å². The number of aliphatic hydroxyl groups is 1. The average molecular weight is 242 g/mol. The van der Waals surface area contributed by atoms with E-state index in [0.29, 0.717) is 6.04 Å². The van der Waals surface area contributed by atoms with Gasteiger partial charge < -0.3 is 15.3 Å². The molecule has 2 N–H and O–H groups in total. The molecule has 0 heterocycles. The highest BCUT2D eigenvalue weighted by Crippen LogP contribution is 2.17. The summed E-state index contributed by atoms with van der Waals surface area (Å²) in [6.07, 6.45) is 8.83. The van der Waals surface area contributed by atoms with Gasteiger partial charge in [0.25, 0.3) is 0 Å². The van der Waals surface area contributed by atoms with E-state index < -0.39 is 0 Å². The number of urea groups is 1. The van der Waals surface area contributed by atoms with Gasteiger partial charge in [0.2, 0.25) is 0 Å². The van der Waals surface area contributed by atoms with Gasteiger partial charge in [-0.15, -0.1) is 0 Å². The van der Waals surface area contributed by atoms with Crippen LogP contribution in [0.4, 0.5) is 4.79 Å². The van der Waals surface area contributed by atoms with Gasteiger partial charge in [0.1, 0.15) is 0 Å². The number of aliphatic hydroxyl groups excluding tert-OH is 1. The molecule has 1 saturated carbocycles. The SMILES string of the molecule is CN(CCCCCO)C(=O)NC1CCCCC1. The fourth-order valence-electron chi connectivity index (χ4n) is 2.27. The van der Waals surface area contributed by atoms with Crippen LogP contribution in [0.15, 0.2) is 0 Å². The van der Waals surface area contributed by atoms with Gasteiger partial charge in [-0.2, -0.15) is 0 Å². The molecule has 1 rings (SSSR count). The van der Waals surface area contributed by atoms with Crippen LogP contribution in [0.5, 0.6) is 0 Å². The smallest absolute Gasteiger partial charge is 0.317 e. The van der Waals surface area contributed by atoms with Gasteiger partial charge in [-0.25, -0.2) is 4.79 Å². The molecule has 1 aliphatic carbocycles. The van der Waals surface area contributed by atoms with Gasteiger partial charge in [0, 0.05) is 26.2 Å². The van der Waals surface area contributed by atoms with Gasteiger partial charge in [-0.1, -0.05) is 19.3 Å². The van der Waals surface area contributed by atoms with E-state index in [1.54, 1.807) is 4.90 Å². The van der Waals surface area contributed by atoms with Gasteiger partial charge in [0.15, 0.2) is 0 Å². The second kappa shape index (κ2) is 8.34. The first-order valence-electron chi connectivity index (χ1n) is 6.86. The molecule has 1 aliphatic rings. The molecule has 0 aromatic heterocycles. The Morgan fingerprint density at radius 3 is 2.59 bits per heavy atom. The van der Waals surface area contributed by atoms with Crippen molar-refractivity contribution in [3.8, 4) is 0 Å². The van der Waals surface area contributed by atoms with E-state index in [4.69, 9.17) is 5.11 Å².